The highest BCUT2D eigenvalue weighted by molar-refractivity contribution is 5.97. The van der Waals surface area contributed by atoms with Crippen LogP contribution >= 0.6 is 0 Å². The lowest BCUT2D eigenvalue weighted by molar-refractivity contribution is -0.154. The molecule has 2 aromatic carbocycles. The van der Waals surface area contributed by atoms with Crippen LogP contribution in [0.4, 0.5) is 30.8 Å². The Morgan fingerprint density at radius 3 is 2.40 bits per heavy atom. The number of halogens is 3. The molecule has 6 bridgehead atoms. The Labute approximate surface area is 260 Å². The SMILES string of the molecule is CN(C)CC(C)(C)CNC(=O)c1ccc2cc1OCCCCCOc1ccc(cc1)CNc1nc(nc(OCC(F)(F)F)n1)N2. The summed E-state index contributed by atoms with van der Waals surface area (Å²) in [6, 6.07) is 11.8. The number of ether oxygens (including phenoxy) is 3. The molecule has 244 valence electrons. The van der Waals surface area contributed by atoms with Gasteiger partial charge in [-0.2, -0.15) is 28.1 Å². The van der Waals surface area contributed by atoms with E-state index in [0.717, 1.165) is 37.1 Å². The molecule has 0 saturated heterocycles. The van der Waals surface area contributed by atoms with E-state index in [1.165, 1.54) is 0 Å². The minimum Gasteiger partial charge on any atom is -0.494 e. The second-order valence-electron chi connectivity index (χ2n) is 11.8. The number of hydrogen-bond donors (Lipinski definition) is 3. The summed E-state index contributed by atoms with van der Waals surface area (Å²) in [5.41, 5.74) is 1.52. The summed E-state index contributed by atoms with van der Waals surface area (Å²) in [4.78, 5) is 27.7. The minimum absolute atomic E-state index is 0.00668. The largest absolute Gasteiger partial charge is 0.494 e. The standard InChI is InChI=1S/C31H40F3N7O4/c1-30(2,19-41(3)4)18-36-26(42)24-13-10-22-16-25(24)44-15-7-5-6-14-43-23-11-8-21(9-12-23)17-35-27-38-28(37-22)40-29(39-27)45-20-31(32,33)34/h8-13,16H,5-7,14-15,17-20H2,1-4H3,(H,36,42)(H2,35,37,38,39,40). The predicted octanol–water partition coefficient (Wildman–Crippen LogP) is 5.43. The average Bonchev–Trinajstić information content (AvgIpc) is 2.96. The van der Waals surface area contributed by atoms with Crippen molar-refractivity contribution in [2.24, 2.45) is 5.41 Å². The van der Waals surface area contributed by atoms with Crippen molar-refractivity contribution in [3.63, 3.8) is 0 Å². The summed E-state index contributed by atoms with van der Waals surface area (Å²) in [5, 5.41) is 9.00. The van der Waals surface area contributed by atoms with Crippen LogP contribution in [0.3, 0.4) is 0 Å². The maximum atomic E-state index is 13.3. The molecule has 45 heavy (non-hydrogen) atoms. The molecule has 2 aliphatic rings. The molecule has 5 rings (SSSR count). The average molecular weight is 632 g/mol. The van der Waals surface area contributed by atoms with Crippen LogP contribution in [0.15, 0.2) is 42.5 Å². The zero-order valence-corrected chi connectivity index (χ0v) is 26.0. The van der Waals surface area contributed by atoms with E-state index in [9.17, 15) is 18.0 Å². The lowest BCUT2D eigenvalue weighted by Gasteiger charge is -2.28. The summed E-state index contributed by atoms with van der Waals surface area (Å²) in [7, 11) is 3.96. The van der Waals surface area contributed by atoms with Gasteiger partial charge in [-0.3, -0.25) is 4.79 Å². The van der Waals surface area contributed by atoms with E-state index in [4.69, 9.17) is 14.2 Å². The smallest absolute Gasteiger partial charge is 0.422 e. The zero-order valence-electron chi connectivity index (χ0n) is 26.0. The maximum absolute atomic E-state index is 13.3. The fourth-order valence-electron chi connectivity index (χ4n) is 4.70. The summed E-state index contributed by atoms with van der Waals surface area (Å²) in [6.45, 7) is 5.01. The first-order chi connectivity index (χ1) is 21.3. The maximum Gasteiger partial charge on any atom is 0.422 e. The summed E-state index contributed by atoms with van der Waals surface area (Å²) in [5.74, 6) is 0.726. The van der Waals surface area contributed by atoms with Crippen molar-refractivity contribution in [2.75, 3.05) is 57.6 Å². The van der Waals surface area contributed by atoms with Crippen molar-refractivity contribution in [3.05, 3.63) is 53.6 Å². The number of carbonyl (C=O) groups is 1. The van der Waals surface area contributed by atoms with Gasteiger partial charge in [-0.15, -0.1) is 0 Å². The Morgan fingerprint density at radius 1 is 0.978 bits per heavy atom. The molecule has 1 aromatic heterocycles. The monoisotopic (exact) mass is 631 g/mol. The van der Waals surface area contributed by atoms with Crippen LogP contribution in [0.2, 0.25) is 0 Å². The molecular formula is C31H40F3N7O4. The van der Waals surface area contributed by atoms with Gasteiger partial charge in [0, 0.05) is 31.4 Å². The third-order valence-corrected chi connectivity index (χ3v) is 6.62. The first-order valence-corrected chi connectivity index (χ1v) is 14.7. The van der Waals surface area contributed by atoms with Gasteiger partial charge in [0.2, 0.25) is 11.9 Å². The van der Waals surface area contributed by atoms with Crippen LogP contribution in [0.25, 0.3) is 0 Å². The molecular weight excluding hydrogens is 591 g/mol. The zero-order chi connectivity index (χ0) is 32.5. The molecule has 0 unspecified atom stereocenters. The minimum atomic E-state index is -4.58. The quantitative estimate of drug-likeness (QED) is 0.311. The van der Waals surface area contributed by atoms with Crippen molar-refractivity contribution in [2.45, 2.75) is 45.8 Å². The lowest BCUT2D eigenvalue weighted by atomic mass is 9.93. The molecule has 3 heterocycles. The molecule has 11 nitrogen and oxygen atoms in total. The Balaban J connectivity index is 1.61. The van der Waals surface area contributed by atoms with Gasteiger partial charge in [-0.1, -0.05) is 26.0 Å². The highest BCUT2D eigenvalue weighted by Gasteiger charge is 2.29. The fraction of sp³-hybridized carbons (Fsp3) is 0.484. The molecule has 0 atom stereocenters. The number of benzene rings is 2. The van der Waals surface area contributed by atoms with E-state index in [0.29, 0.717) is 36.8 Å². The Bertz CT molecular complexity index is 1420. The van der Waals surface area contributed by atoms with Gasteiger partial charge in [-0.25, -0.2) is 0 Å². The molecule has 0 spiro atoms. The third kappa shape index (κ3) is 11.3. The molecule has 0 saturated carbocycles. The Kier molecular flexibility index (Phi) is 11.3. The van der Waals surface area contributed by atoms with E-state index in [1.807, 2.05) is 38.4 Å². The van der Waals surface area contributed by atoms with Crippen LogP contribution in [0.1, 0.15) is 49.0 Å². The van der Waals surface area contributed by atoms with Crippen LogP contribution < -0.4 is 30.2 Å². The van der Waals surface area contributed by atoms with Gasteiger partial charge in [0.05, 0.1) is 18.8 Å². The van der Waals surface area contributed by atoms with E-state index in [2.05, 4.69) is 49.6 Å². The second kappa shape index (κ2) is 15.1. The molecule has 2 aliphatic heterocycles. The van der Waals surface area contributed by atoms with E-state index < -0.39 is 18.8 Å². The number of alkyl halides is 3. The second-order valence-corrected chi connectivity index (χ2v) is 11.8. The van der Waals surface area contributed by atoms with Gasteiger partial charge in [0.15, 0.2) is 6.61 Å². The fourth-order valence-corrected chi connectivity index (χ4v) is 4.70. The van der Waals surface area contributed by atoms with Crippen molar-refractivity contribution in [3.8, 4) is 17.5 Å². The van der Waals surface area contributed by atoms with Crippen molar-refractivity contribution in [1.29, 1.82) is 0 Å². The van der Waals surface area contributed by atoms with Gasteiger partial charge in [0.1, 0.15) is 11.5 Å². The van der Waals surface area contributed by atoms with Crippen LogP contribution in [0, 0.1) is 5.41 Å². The topological polar surface area (TPSA) is 123 Å². The summed E-state index contributed by atoms with van der Waals surface area (Å²) >= 11 is 0. The van der Waals surface area contributed by atoms with Gasteiger partial charge in [0.25, 0.3) is 5.91 Å². The Morgan fingerprint density at radius 2 is 1.69 bits per heavy atom. The van der Waals surface area contributed by atoms with E-state index in [1.54, 1.807) is 18.2 Å². The number of nitrogens with one attached hydrogen (secondary N) is 3. The van der Waals surface area contributed by atoms with Gasteiger partial charge in [-0.05, 0) is 68.6 Å². The highest BCUT2D eigenvalue weighted by atomic mass is 19.4. The summed E-state index contributed by atoms with van der Waals surface area (Å²) < 4.78 is 55.4. The van der Waals surface area contributed by atoms with Crippen molar-refractivity contribution >= 4 is 23.5 Å². The molecule has 14 heteroatoms. The highest BCUT2D eigenvalue weighted by Crippen LogP contribution is 2.27. The van der Waals surface area contributed by atoms with Gasteiger partial charge >= 0.3 is 12.2 Å². The molecule has 0 radical (unpaired) electrons. The first kappa shape index (κ1) is 33.6. The van der Waals surface area contributed by atoms with Crippen molar-refractivity contribution in [1.82, 2.24) is 25.2 Å². The van der Waals surface area contributed by atoms with Gasteiger partial charge < -0.3 is 35.1 Å². The van der Waals surface area contributed by atoms with E-state index >= 15 is 0 Å². The molecule has 3 N–H and O–H groups in total. The third-order valence-electron chi connectivity index (χ3n) is 6.62. The van der Waals surface area contributed by atoms with Crippen LogP contribution in [-0.4, -0.2) is 78.9 Å². The first-order valence-electron chi connectivity index (χ1n) is 14.7. The predicted molar refractivity (Wildman–Crippen MR) is 164 cm³/mol. The Hall–Kier alpha value is -4.33. The van der Waals surface area contributed by atoms with Crippen LogP contribution in [-0.2, 0) is 6.54 Å². The molecule has 3 aromatic rings. The summed E-state index contributed by atoms with van der Waals surface area (Å²) in [6.07, 6.45) is -2.16. The number of nitrogens with zero attached hydrogens (tertiary/aromatic N) is 4. The number of anilines is 3. The van der Waals surface area contributed by atoms with E-state index in [-0.39, 0.29) is 29.8 Å². The number of rotatable bonds is 7. The lowest BCUT2D eigenvalue weighted by Crippen LogP contribution is -2.40. The van der Waals surface area contributed by atoms with Crippen molar-refractivity contribution < 1.29 is 32.2 Å². The van der Waals surface area contributed by atoms with Crippen LogP contribution in [0.5, 0.6) is 17.5 Å². The molecule has 1 amide bonds. The number of fused-ring (bicyclic) bond motifs is 9. The normalized spacial score (nSPS) is 14.4. The number of aromatic nitrogens is 3. The number of hydrogen-bond acceptors (Lipinski definition) is 10. The molecule has 0 fully saturated rings. The number of carbonyl (C=O) groups excluding carboxylic acids is 1. The molecule has 0 aliphatic carbocycles. The number of amides is 1.